The first-order valence-corrected chi connectivity index (χ1v) is 14.7. The summed E-state index contributed by atoms with van der Waals surface area (Å²) in [7, 11) is 2.05. The van der Waals surface area contributed by atoms with E-state index >= 15 is 0 Å². The predicted octanol–water partition coefficient (Wildman–Crippen LogP) is 4.56. The molecule has 2 aliphatic heterocycles. The van der Waals surface area contributed by atoms with Crippen LogP contribution < -0.4 is 16.0 Å². The van der Waals surface area contributed by atoms with Gasteiger partial charge in [-0.3, -0.25) is 19.3 Å². The number of likely N-dealkylation sites (N-methyl/N-ethyl adjacent to an activating group) is 1. The minimum Gasteiger partial charge on any atom is -0.356 e. The summed E-state index contributed by atoms with van der Waals surface area (Å²) in [6, 6.07) is -0.00612. The summed E-state index contributed by atoms with van der Waals surface area (Å²) in [5, 5.41) is 8.48. The first-order valence-electron chi connectivity index (χ1n) is 14.7. The molecule has 2 unspecified atom stereocenters. The second-order valence-electron chi connectivity index (χ2n) is 11.9. The number of hydrogen-bond acceptors (Lipinski definition) is 5. The number of amides is 3. The molecule has 3 amide bonds. The Bertz CT molecular complexity index is 688. The van der Waals surface area contributed by atoms with Crippen molar-refractivity contribution in [2.24, 2.45) is 23.2 Å². The van der Waals surface area contributed by atoms with Gasteiger partial charge in [-0.15, -0.1) is 0 Å². The summed E-state index contributed by atoms with van der Waals surface area (Å²) in [4.78, 5) is 46.9. The van der Waals surface area contributed by atoms with Crippen molar-refractivity contribution in [2.45, 2.75) is 126 Å². The van der Waals surface area contributed by atoms with Crippen LogP contribution in [0.3, 0.4) is 0 Å². The summed E-state index contributed by atoms with van der Waals surface area (Å²) >= 11 is 0. The minimum absolute atomic E-state index is 0.0642. The lowest BCUT2D eigenvalue weighted by Gasteiger charge is -2.27. The number of rotatable bonds is 8. The Kier molecular flexibility index (Phi) is 20.1. The molecule has 2 saturated heterocycles. The molecule has 8 heteroatoms. The van der Waals surface area contributed by atoms with Crippen molar-refractivity contribution in [3.05, 3.63) is 0 Å². The van der Waals surface area contributed by atoms with Crippen molar-refractivity contribution < 1.29 is 19.2 Å². The zero-order chi connectivity index (χ0) is 30.1. The number of nitrogens with one attached hydrogen (secondary N) is 3. The third-order valence-electron chi connectivity index (χ3n) is 6.61. The molecule has 0 saturated carbocycles. The molecular formula is C30H60N4O4. The highest BCUT2D eigenvalue weighted by atomic mass is 16.2. The van der Waals surface area contributed by atoms with Crippen LogP contribution in [0.2, 0.25) is 0 Å². The van der Waals surface area contributed by atoms with Gasteiger partial charge in [-0.2, -0.15) is 0 Å². The van der Waals surface area contributed by atoms with Crippen LogP contribution in [0.15, 0.2) is 0 Å². The number of hydrogen-bond donors (Lipinski definition) is 3. The molecule has 0 spiro atoms. The molecule has 38 heavy (non-hydrogen) atoms. The topological polar surface area (TPSA) is 108 Å². The molecule has 0 aromatic rings. The molecule has 0 aromatic carbocycles. The Morgan fingerprint density at radius 1 is 1.11 bits per heavy atom. The fourth-order valence-electron chi connectivity index (χ4n) is 4.14. The van der Waals surface area contributed by atoms with E-state index in [-0.39, 0.29) is 41.8 Å². The first kappa shape index (κ1) is 38.2. The van der Waals surface area contributed by atoms with Crippen molar-refractivity contribution in [3.8, 4) is 0 Å². The van der Waals surface area contributed by atoms with E-state index in [0.29, 0.717) is 11.8 Å². The first-order chi connectivity index (χ1) is 17.6. The summed E-state index contributed by atoms with van der Waals surface area (Å²) in [6.45, 7) is 23.9. The number of nitrogens with zero attached hydrogens (tertiary/aromatic N) is 1. The van der Waals surface area contributed by atoms with Gasteiger partial charge in [0.15, 0.2) is 0 Å². The van der Waals surface area contributed by atoms with Gasteiger partial charge in [-0.1, -0.05) is 75.2 Å². The van der Waals surface area contributed by atoms with E-state index in [9.17, 15) is 19.2 Å². The second kappa shape index (κ2) is 20.0. The third kappa shape index (κ3) is 15.5. The Hall–Kier alpha value is -1.96. The van der Waals surface area contributed by atoms with E-state index in [1.165, 1.54) is 0 Å². The van der Waals surface area contributed by atoms with Gasteiger partial charge in [0, 0.05) is 23.9 Å². The molecule has 2 fully saturated rings. The molecule has 2 aliphatic rings. The van der Waals surface area contributed by atoms with Crippen LogP contribution in [-0.2, 0) is 19.2 Å². The summed E-state index contributed by atoms with van der Waals surface area (Å²) < 4.78 is 0. The fourth-order valence-corrected chi connectivity index (χ4v) is 4.14. The Morgan fingerprint density at radius 2 is 1.68 bits per heavy atom. The zero-order valence-corrected chi connectivity index (χ0v) is 26.6. The molecule has 2 heterocycles. The lowest BCUT2D eigenvalue weighted by molar-refractivity contribution is -0.130. The largest absolute Gasteiger partial charge is 0.356 e. The molecular weight excluding hydrogens is 480 g/mol. The van der Waals surface area contributed by atoms with Gasteiger partial charge in [-0.25, -0.2) is 0 Å². The van der Waals surface area contributed by atoms with Gasteiger partial charge in [0.25, 0.3) is 0 Å². The number of carbonyl (C=O) groups is 4. The normalized spacial score (nSPS) is 21.6. The molecule has 0 aliphatic carbocycles. The lowest BCUT2D eigenvalue weighted by atomic mass is 9.88. The van der Waals surface area contributed by atoms with Gasteiger partial charge in [0.05, 0.1) is 12.1 Å². The fraction of sp³-hybridized carbons (Fsp3) is 0.867. The van der Waals surface area contributed by atoms with E-state index < -0.39 is 5.41 Å². The minimum atomic E-state index is -0.423. The third-order valence-corrected chi connectivity index (χ3v) is 6.61. The van der Waals surface area contributed by atoms with Crippen molar-refractivity contribution in [2.75, 3.05) is 20.1 Å². The molecule has 2 rings (SSSR count). The standard InChI is InChI=1S/C12H24N2O.C11H21NO2.C5H9NO.C2H6/c1-8(2)10-6-7-14(5)11(10)12(15)13-9(3)4;1-5-6-7-9(8-13)12-10(14)11(2,3)4;1-4-2-3-6-5(4)7;1-2/h8-11H,6-7H2,1-5H3,(H,13,15);8-9H,5-7H2,1-4H3,(H,12,14);4H,2-3H2,1H3,(H,6,7);1-2H3/t10-,11?;9-;;/m10../s1. The Balaban J connectivity index is 0. The van der Waals surface area contributed by atoms with E-state index in [1.54, 1.807) is 0 Å². The highest BCUT2D eigenvalue weighted by molar-refractivity contribution is 5.84. The summed E-state index contributed by atoms with van der Waals surface area (Å²) in [6.07, 6.45) is 5.72. The van der Waals surface area contributed by atoms with E-state index in [2.05, 4.69) is 41.6 Å². The molecule has 0 radical (unpaired) electrons. The van der Waals surface area contributed by atoms with Gasteiger partial charge in [0.1, 0.15) is 6.29 Å². The molecule has 0 aromatic heterocycles. The monoisotopic (exact) mass is 540 g/mol. The molecule has 4 atom stereocenters. The average molecular weight is 541 g/mol. The molecule has 3 N–H and O–H groups in total. The SMILES string of the molecule is CC.CC(C)NC(=O)C1[C@@H](C(C)C)CCN1C.CC1CCNC1=O.CCCC[C@@H](C=O)NC(=O)C(C)(C)C. The molecule has 8 nitrogen and oxygen atoms in total. The van der Waals surface area contributed by atoms with Crippen molar-refractivity contribution in [1.29, 1.82) is 0 Å². The number of likely N-dealkylation sites (tertiary alicyclic amines) is 1. The number of unbranched alkanes of at least 4 members (excludes halogenated alkanes) is 1. The van der Waals surface area contributed by atoms with Crippen molar-refractivity contribution >= 4 is 24.0 Å². The van der Waals surface area contributed by atoms with Crippen LogP contribution in [0.25, 0.3) is 0 Å². The highest BCUT2D eigenvalue weighted by Gasteiger charge is 2.38. The van der Waals surface area contributed by atoms with E-state index in [4.69, 9.17) is 0 Å². The Labute approximate surface area is 233 Å². The van der Waals surface area contributed by atoms with Crippen LogP contribution in [0.1, 0.15) is 108 Å². The summed E-state index contributed by atoms with van der Waals surface area (Å²) in [5.74, 6) is 1.70. The highest BCUT2D eigenvalue weighted by Crippen LogP contribution is 2.29. The zero-order valence-electron chi connectivity index (χ0n) is 26.6. The molecule has 224 valence electrons. The van der Waals surface area contributed by atoms with Crippen molar-refractivity contribution in [1.82, 2.24) is 20.9 Å². The Morgan fingerprint density at radius 3 is 2.03 bits per heavy atom. The smallest absolute Gasteiger partial charge is 0.237 e. The van der Waals surface area contributed by atoms with Crippen molar-refractivity contribution in [3.63, 3.8) is 0 Å². The predicted molar refractivity (Wildman–Crippen MR) is 158 cm³/mol. The van der Waals surface area contributed by atoms with Crippen LogP contribution >= 0.6 is 0 Å². The number of carbonyl (C=O) groups excluding carboxylic acids is 4. The lowest BCUT2D eigenvalue weighted by Crippen LogP contribution is -2.47. The van der Waals surface area contributed by atoms with Gasteiger partial charge in [0.2, 0.25) is 17.7 Å². The van der Waals surface area contributed by atoms with Crippen LogP contribution in [0.4, 0.5) is 0 Å². The van der Waals surface area contributed by atoms with Gasteiger partial charge < -0.3 is 20.7 Å². The summed E-state index contributed by atoms with van der Waals surface area (Å²) in [5.41, 5.74) is -0.423. The van der Waals surface area contributed by atoms with E-state index in [0.717, 1.165) is 51.5 Å². The maximum Gasteiger partial charge on any atom is 0.237 e. The van der Waals surface area contributed by atoms with E-state index in [1.807, 2.05) is 62.4 Å². The van der Waals surface area contributed by atoms with Crippen LogP contribution in [0.5, 0.6) is 0 Å². The van der Waals surface area contributed by atoms with Crippen LogP contribution in [0, 0.1) is 23.2 Å². The maximum absolute atomic E-state index is 12.0. The quantitative estimate of drug-likeness (QED) is 0.391. The van der Waals surface area contributed by atoms with Crippen LogP contribution in [-0.4, -0.2) is 67.2 Å². The maximum atomic E-state index is 12.0. The molecule has 0 bridgehead atoms. The van der Waals surface area contributed by atoms with Gasteiger partial charge >= 0.3 is 0 Å². The second-order valence-corrected chi connectivity index (χ2v) is 11.9. The number of aldehydes is 1. The van der Waals surface area contributed by atoms with Gasteiger partial charge in [-0.05, 0) is 58.5 Å². The average Bonchev–Trinajstić information content (AvgIpc) is 3.42.